The Morgan fingerprint density at radius 1 is 1.17 bits per heavy atom. The van der Waals surface area contributed by atoms with Crippen molar-refractivity contribution in [2.24, 2.45) is 5.92 Å². The highest BCUT2D eigenvalue weighted by Gasteiger charge is 2.13. The van der Waals surface area contributed by atoms with Gasteiger partial charge in [0.15, 0.2) is 0 Å². The standard InChI is InChI=1S/C15H23NO.ClH/c1-2-3-13-4-6-15(7-5-13)17-12-14-8-10-16-11-9-14;/h4-7,14,16H,2-3,8-12H2,1H3;1H. The molecule has 0 bridgehead atoms. The first-order valence-electron chi connectivity index (χ1n) is 6.81. The predicted molar refractivity (Wildman–Crippen MR) is 78.8 cm³/mol. The minimum Gasteiger partial charge on any atom is -0.493 e. The second-order valence-corrected chi connectivity index (χ2v) is 4.90. The predicted octanol–water partition coefficient (Wildman–Crippen LogP) is 3.44. The molecule has 18 heavy (non-hydrogen) atoms. The van der Waals surface area contributed by atoms with Gasteiger partial charge >= 0.3 is 0 Å². The summed E-state index contributed by atoms with van der Waals surface area (Å²) >= 11 is 0. The molecule has 0 radical (unpaired) electrons. The Morgan fingerprint density at radius 2 is 1.83 bits per heavy atom. The smallest absolute Gasteiger partial charge is 0.119 e. The number of ether oxygens (including phenoxy) is 1. The molecule has 0 spiro atoms. The lowest BCUT2D eigenvalue weighted by atomic mass is 9.99. The third kappa shape index (κ3) is 4.87. The molecule has 1 aromatic rings. The van der Waals surface area contributed by atoms with E-state index in [0.717, 1.165) is 37.8 Å². The van der Waals surface area contributed by atoms with Crippen molar-refractivity contribution in [3.05, 3.63) is 29.8 Å². The summed E-state index contributed by atoms with van der Waals surface area (Å²) in [5.74, 6) is 1.75. The van der Waals surface area contributed by atoms with Crippen LogP contribution in [-0.4, -0.2) is 19.7 Å². The Morgan fingerprint density at radius 3 is 2.44 bits per heavy atom. The number of benzene rings is 1. The summed E-state index contributed by atoms with van der Waals surface area (Å²) in [7, 11) is 0. The highest BCUT2D eigenvalue weighted by atomic mass is 35.5. The van der Waals surface area contributed by atoms with Crippen LogP contribution >= 0.6 is 12.4 Å². The molecule has 1 saturated heterocycles. The quantitative estimate of drug-likeness (QED) is 0.884. The summed E-state index contributed by atoms with van der Waals surface area (Å²) in [4.78, 5) is 0. The summed E-state index contributed by atoms with van der Waals surface area (Å²) in [6.45, 7) is 5.36. The first-order chi connectivity index (χ1) is 8.38. The topological polar surface area (TPSA) is 21.3 Å². The lowest BCUT2D eigenvalue weighted by Gasteiger charge is -2.22. The molecule has 0 amide bonds. The summed E-state index contributed by atoms with van der Waals surface area (Å²) in [5.41, 5.74) is 1.40. The van der Waals surface area contributed by atoms with E-state index < -0.39 is 0 Å². The molecule has 0 aliphatic carbocycles. The van der Waals surface area contributed by atoms with Gasteiger partial charge in [0, 0.05) is 0 Å². The number of nitrogens with one attached hydrogen (secondary N) is 1. The highest BCUT2D eigenvalue weighted by Crippen LogP contribution is 2.17. The van der Waals surface area contributed by atoms with Gasteiger partial charge in [-0.05, 0) is 56.0 Å². The van der Waals surface area contributed by atoms with Gasteiger partial charge in [-0.3, -0.25) is 0 Å². The Labute approximate surface area is 117 Å². The lowest BCUT2D eigenvalue weighted by Crippen LogP contribution is -2.30. The fourth-order valence-electron chi connectivity index (χ4n) is 2.30. The molecule has 2 rings (SSSR count). The van der Waals surface area contributed by atoms with Crippen molar-refractivity contribution < 1.29 is 4.74 Å². The number of hydrogen-bond acceptors (Lipinski definition) is 2. The van der Waals surface area contributed by atoms with Crippen molar-refractivity contribution in [1.29, 1.82) is 0 Å². The van der Waals surface area contributed by atoms with E-state index in [9.17, 15) is 0 Å². The van der Waals surface area contributed by atoms with Crippen molar-refractivity contribution in [2.75, 3.05) is 19.7 Å². The third-order valence-corrected chi connectivity index (χ3v) is 3.41. The van der Waals surface area contributed by atoms with E-state index in [2.05, 4.69) is 36.5 Å². The van der Waals surface area contributed by atoms with Gasteiger partial charge in [0.25, 0.3) is 0 Å². The lowest BCUT2D eigenvalue weighted by molar-refractivity contribution is 0.215. The second-order valence-electron chi connectivity index (χ2n) is 4.90. The Balaban J connectivity index is 0.00000162. The van der Waals surface area contributed by atoms with Crippen LogP contribution in [0.3, 0.4) is 0 Å². The van der Waals surface area contributed by atoms with Crippen LogP contribution in [0.1, 0.15) is 31.7 Å². The fourth-order valence-corrected chi connectivity index (χ4v) is 2.30. The molecule has 102 valence electrons. The van der Waals surface area contributed by atoms with Gasteiger partial charge in [-0.25, -0.2) is 0 Å². The Hall–Kier alpha value is -0.730. The summed E-state index contributed by atoms with van der Waals surface area (Å²) < 4.78 is 5.85. The molecule has 1 heterocycles. The molecule has 0 saturated carbocycles. The zero-order valence-electron chi connectivity index (χ0n) is 11.2. The van der Waals surface area contributed by atoms with E-state index in [0.29, 0.717) is 0 Å². The van der Waals surface area contributed by atoms with Crippen LogP contribution in [0.15, 0.2) is 24.3 Å². The van der Waals surface area contributed by atoms with Gasteiger partial charge in [-0.1, -0.05) is 25.5 Å². The van der Waals surface area contributed by atoms with Gasteiger partial charge in [-0.2, -0.15) is 0 Å². The molecular formula is C15H24ClNO. The maximum Gasteiger partial charge on any atom is 0.119 e. The summed E-state index contributed by atoms with van der Waals surface area (Å²) in [6, 6.07) is 8.57. The second kappa shape index (κ2) is 8.39. The van der Waals surface area contributed by atoms with Crippen LogP contribution in [0.25, 0.3) is 0 Å². The normalized spacial score (nSPS) is 16.1. The molecule has 2 nitrogen and oxygen atoms in total. The maximum atomic E-state index is 5.85. The van der Waals surface area contributed by atoms with Crippen LogP contribution in [0.2, 0.25) is 0 Å². The van der Waals surface area contributed by atoms with E-state index in [1.807, 2.05) is 0 Å². The minimum atomic E-state index is 0. The van der Waals surface area contributed by atoms with Gasteiger partial charge in [0.1, 0.15) is 5.75 Å². The average Bonchev–Trinajstić information content (AvgIpc) is 2.40. The summed E-state index contributed by atoms with van der Waals surface area (Å²) in [5, 5.41) is 3.38. The van der Waals surface area contributed by atoms with Crippen molar-refractivity contribution in [1.82, 2.24) is 5.32 Å². The van der Waals surface area contributed by atoms with Gasteiger partial charge in [0.2, 0.25) is 0 Å². The van der Waals surface area contributed by atoms with Crippen molar-refractivity contribution in [3.63, 3.8) is 0 Å². The number of piperidine rings is 1. The first-order valence-corrected chi connectivity index (χ1v) is 6.81. The molecule has 0 aromatic heterocycles. The van der Waals surface area contributed by atoms with E-state index >= 15 is 0 Å². The monoisotopic (exact) mass is 269 g/mol. The Bertz CT molecular complexity index is 320. The minimum absolute atomic E-state index is 0. The molecule has 1 aromatic carbocycles. The number of rotatable bonds is 5. The molecule has 0 atom stereocenters. The molecule has 3 heteroatoms. The van der Waals surface area contributed by atoms with Gasteiger partial charge in [-0.15, -0.1) is 12.4 Å². The van der Waals surface area contributed by atoms with Crippen LogP contribution in [0.5, 0.6) is 5.75 Å². The van der Waals surface area contributed by atoms with Crippen LogP contribution in [0, 0.1) is 5.92 Å². The highest BCUT2D eigenvalue weighted by molar-refractivity contribution is 5.85. The number of hydrogen-bond donors (Lipinski definition) is 1. The van der Waals surface area contributed by atoms with Crippen LogP contribution in [-0.2, 0) is 6.42 Å². The fraction of sp³-hybridized carbons (Fsp3) is 0.600. The van der Waals surface area contributed by atoms with Crippen molar-refractivity contribution >= 4 is 12.4 Å². The molecule has 1 fully saturated rings. The van der Waals surface area contributed by atoms with Crippen molar-refractivity contribution in [2.45, 2.75) is 32.6 Å². The molecule has 0 unspecified atom stereocenters. The van der Waals surface area contributed by atoms with E-state index in [-0.39, 0.29) is 12.4 Å². The van der Waals surface area contributed by atoms with Crippen molar-refractivity contribution in [3.8, 4) is 5.75 Å². The van der Waals surface area contributed by atoms with Crippen LogP contribution in [0.4, 0.5) is 0 Å². The molecule has 1 aliphatic rings. The van der Waals surface area contributed by atoms with E-state index in [4.69, 9.17) is 4.74 Å². The average molecular weight is 270 g/mol. The largest absolute Gasteiger partial charge is 0.493 e. The van der Waals surface area contributed by atoms with Crippen LogP contribution < -0.4 is 10.1 Å². The Kier molecular flexibility index (Phi) is 7.14. The molecule has 1 N–H and O–H groups in total. The zero-order chi connectivity index (χ0) is 11.9. The van der Waals surface area contributed by atoms with E-state index in [1.165, 1.54) is 24.8 Å². The molecule has 1 aliphatic heterocycles. The number of aryl methyl sites for hydroxylation is 1. The zero-order valence-corrected chi connectivity index (χ0v) is 12.0. The maximum absolute atomic E-state index is 5.85. The molecular weight excluding hydrogens is 246 g/mol. The summed E-state index contributed by atoms with van der Waals surface area (Å²) in [6.07, 6.45) is 4.85. The number of halogens is 1. The SMILES string of the molecule is CCCc1ccc(OCC2CCNCC2)cc1.Cl. The van der Waals surface area contributed by atoms with Gasteiger partial charge < -0.3 is 10.1 Å². The van der Waals surface area contributed by atoms with Gasteiger partial charge in [0.05, 0.1) is 6.61 Å². The third-order valence-electron chi connectivity index (χ3n) is 3.41. The van der Waals surface area contributed by atoms with E-state index in [1.54, 1.807) is 0 Å². The first kappa shape index (κ1) is 15.3.